The Morgan fingerprint density at radius 3 is 2.48 bits per heavy atom. The van der Waals surface area contributed by atoms with Crippen LogP contribution < -0.4 is 20.6 Å². The molecular formula is C24H25NO8. The summed E-state index contributed by atoms with van der Waals surface area (Å²) in [5, 5.41) is 23.3. The van der Waals surface area contributed by atoms with Crippen molar-refractivity contribution in [2.24, 2.45) is 0 Å². The van der Waals surface area contributed by atoms with Crippen molar-refractivity contribution in [2.45, 2.75) is 45.4 Å². The fourth-order valence-electron chi connectivity index (χ4n) is 3.20. The number of carboxylic acids is 1. The normalized spacial score (nSPS) is 12.3. The smallest absolute Gasteiger partial charge is 0.312 e. The summed E-state index contributed by atoms with van der Waals surface area (Å²) >= 11 is 0. The molecule has 1 heterocycles. The predicted octanol–water partition coefficient (Wildman–Crippen LogP) is 1.20. The summed E-state index contributed by atoms with van der Waals surface area (Å²) < 4.78 is 16.3. The van der Waals surface area contributed by atoms with Crippen LogP contribution in [-0.4, -0.2) is 28.7 Å². The van der Waals surface area contributed by atoms with E-state index in [2.05, 4.69) is 0 Å². The zero-order valence-corrected chi connectivity index (χ0v) is 18.5. The number of aromatic hydroxyl groups is 1. The van der Waals surface area contributed by atoms with E-state index in [1.807, 2.05) is 6.07 Å². The van der Waals surface area contributed by atoms with Gasteiger partial charge in [-0.2, -0.15) is 0 Å². The van der Waals surface area contributed by atoms with E-state index in [-0.39, 0.29) is 34.6 Å². The minimum atomic E-state index is -1.46. The van der Waals surface area contributed by atoms with Gasteiger partial charge in [-0.05, 0) is 45.0 Å². The lowest BCUT2D eigenvalue weighted by Crippen LogP contribution is -2.92. The maximum Gasteiger partial charge on any atom is 0.312 e. The molecule has 174 valence electrons. The molecule has 33 heavy (non-hydrogen) atoms. The van der Waals surface area contributed by atoms with Crippen LogP contribution in [0.2, 0.25) is 0 Å². The number of aliphatic carboxylic acids is 1. The van der Waals surface area contributed by atoms with Crippen LogP contribution in [0, 0.1) is 0 Å². The number of ether oxygens (including phenoxy) is 2. The van der Waals surface area contributed by atoms with E-state index >= 15 is 0 Å². The summed E-state index contributed by atoms with van der Waals surface area (Å²) in [5.74, 6) is -1.92. The van der Waals surface area contributed by atoms with Crippen LogP contribution in [0.3, 0.4) is 0 Å². The van der Waals surface area contributed by atoms with Gasteiger partial charge >= 0.3 is 5.97 Å². The van der Waals surface area contributed by atoms with Crippen molar-refractivity contribution in [1.29, 1.82) is 0 Å². The third-order valence-electron chi connectivity index (χ3n) is 4.67. The summed E-state index contributed by atoms with van der Waals surface area (Å²) in [4.78, 5) is 36.5. The number of carbonyl (C=O) groups excluding carboxylic acids is 2. The summed E-state index contributed by atoms with van der Waals surface area (Å²) in [6.07, 6.45) is 0.710. The van der Waals surface area contributed by atoms with Crippen LogP contribution in [-0.2, 0) is 20.9 Å². The molecule has 0 radical (unpaired) electrons. The zero-order valence-electron chi connectivity index (χ0n) is 18.5. The number of quaternary nitrogens is 1. The number of hydrogen-bond donors (Lipinski definition) is 2. The van der Waals surface area contributed by atoms with E-state index in [4.69, 9.17) is 13.9 Å². The number of rotatable bonds is 8. The van der Waals surface area contributed by atoms with Gasteiger partial charge in [0.25, 0.3) is 0 Å². The standard InChI is InChI=1S/C24H25NO8/c1-24(2,3)33-20(27)11-17(23(29)30)25-12-16-18(26)10-9-15-21(28)19(13-31-22(15)16)32-14-7-5-4-6-8-14/h4-10,13,17,25-26H,11-12H2,1-3H3,(H,29,30)/t17-/m1/s1. The molecule has 0 saturated heterocycles. The molecule has 0 saturated carbocycles. The molecule has 2 aromatic carbocycles. The molecule has 0 aliphatic carbocycles. The SMILES string of the molecule is CC(C)(C)OC(=O)C[C@@H]([NH2+]Cc1c(O)ccc2c(=O)c(Oc3ccccc3)coc12)C(=O)[O-]. The van der Waals surface area contributed by atoms with Gasteiger partial charge in [0.05, 0.1) is 16.9 Å². The van der Waals surface area contributed by atoms with E-state index in [1.54, 1.807) is 45.0 Å². The number of nitrogens with two attached hydrogens (primary N) is 1. The Morgan fingerprint density at radius 2 is 1.85 bits per heavy atom. The molecule has 0 fully saturated rings. The van der Waals surface area contributed by atoms with Gasteiger partial charge in [-0.25, -0.2) is 0 Å². The molecule has 9 nitrogen and oxygen atoms in total. The number of para-hydroxylation sites is 1. The lowest BCUT2D eigenvalue weighted by molar-refractivity contribution is -0.697. The molecule has 3 rings (SSSR count). The molecule has 0 spiro atoms. The van der Waals surface area contributed by atoms with Gasteiger partial charge in [0.2, 0.25) is 11.2 Å². The Kier molecular flexibility index (Phi) is 7.03. The fraction of sp³-hybridized carbons (Fsp3) is 0.292. The van der Waals surface area contributed by atoms with Gasteiger partial charge in [-0.3, -0.25) is 9.59 Å². The molecule has 3 N–H and O–H groups in total. The maximum absolute atomic E-state index is 12.9. The van der Waals surface area contributed by atoms with Crippen LogP contribution in [0.15, 0.2) is 57.9 Å². The Bertz CT molecular complexity index is 1210. The van der Waals surface area contributed by atoms with Gasteiger partial charge in [0.1, 0.15) is 42.4 Å². The predicted molar refractivity (Wildman–Crippen MR) is 116 cm³/mol. The van der Waals surface area contributed by atoms with Crippen molar-refractivity contribution in [3.63, 3.8) is 0 Å². The second kappa shape index (κ2) is 9.74. The van der Waals surface area contributed by atoms with Crippen LogP contribution >= 0.6 is 0 Å². The maximum atomic E-state index is 12.9. The summed E-state index contributed by atoms with van der Waals surface area (Å²) in [6.45, 7) is 4.93. The first-order valence-corrected chi connectivity index (χ1v) is 10.3. The Morgan fingerprint density at radius 1 is 1.15 bits per heavy atom. The molecule has 0 aliphatic heterocycles. The minimum absolute atomic E-state index is 0.0353. The van der Waals surface area contributed by atoms with Crippen molar-refractivity contribution in [3.05, 3.63) is 64.5 Å². The topological polar surface area (TPSA) is 143 Å². The highest BCUT2D eigenvalue weighted by molar-refractivity contribution is 5.83. The number of esters is 1. The highest BCUT2D eigenvalue weighted by atomic mass is 16.6. The molecule has 1 atom stereocenters. The van der Waals surface area contributed by atoms with Crippen molar-refractivity contribution < 1.29 is 39.0 Å². The van der Waals surface area contributed by atoms with Crippen molar-refractivity contribution in [1.82, 2.24) is 0 Å². The van der Waals surface area contributed by atoms with Crippen LogP contribution in [0.1, 0.15) is 32.8 Å². The average Bonchev–Trinajstić information content (AvgIpc) is 2.73. The van der Waals surface area contributed by atoms with Gasteiger partial charge < -0.3 is 34.2 Å². The third-order valence-corrected chi connectivity index (χ3v) is 4.67. The van der Waals surface area contributed by atoms with E-state index in [9.17, 15) is 24.6 Å². The monoisotopic (exact) mass is 455 g/mol. The van der Waals surface area contributed by atoms with E-state index in [0.717, 1.165) is 6.26 Å². The van der Waals surface area contributed by atoms with Crippen LogP contribution in [0.4, 0.5) is 0 Å². The second-order valence-corrected chi connectivity index (χ2v) is 8.44. The van der Waals surface area contributed by atoms with Crippen molar-refractivity contribution >= 4 is 22.9 Å². The van der Waals surface area contributed by atoms with E-state index in [1.165, 1.54) is 17.4 Å². The summed E-state index contributed by atoms with van der Waals surface area (Å²) in [7, 11) is 0. The highest BCUT2D eigenvalue weighted by Gasteiger charge is 2.25. The number of benzene rings is 2. The first-order valence-electron chi connectivity index (χ1n) is 10.3. The Labute approximate surface area is 189 Å². The summed E-state index contributed by atoms with van der Waals surface area (Å²) in [5.41, 5.74) is -0.923. The number of carboxylic acid groups (broad SMARTS) is 1. The van der Waals surface area contributed by atoms with Crippen LogP contribution in [0.25, 0.3) is 11.0 Å². The molecule has 0 bridgehead atoms. The Balaban J connectivity index is 1.84. The lowest BCUT2D eigenvalue weighted by Gasteiger charge is -2.22. The van der Waals surface area contributed by atoms with E-state index < -0.39 is 35.4 Å². The largest absolute Gasteiger partial charge is 0.544 e. The number of phenolic OH excluding ortho intramolecular Hbond substituents is 1. The summed E-state index contributed by atoms with van der Waals surface area (Å²) in [6, 6.07) is 10.2. The van der Waals surface area contributed by atoms with Gasteiger partial charge in [0, 0.05) is 0 Å². The minimum Gasteiger partial charge on any atom is -0.544 e. The molecular weight excluding hydrogens is 430 g/mol. The zero-order chi connectivity index (χ0) is 24.2. The number of fused-ring (bicyclic) bond motifs is 1. The highest BCUT2D eigenvalue weighted by Crippen LogP contribution is 2.27. The molecule has 0 unspecified atom stereocenters. The number of phenols is 1. The molecule has 1 aromatic heterocycles. The number of carbonyl (C=O) groups is 2. The van der Waals surface area contributed by atoms with Crippen molar-refractivity contribution in [3.8, 4) is 17.2 Å². The quantitative estimate of drug-likeness (QED) is 0.483. The fourth-order valence-corrected chi connectivity index (χ4v) is 3.20. The molecule has 9 heteroatoms. The van der Waals surface area contributed by atoms with Gasteiger partial charge in [-0.1, -0.05) is 18.2 Å². The molecule has 0 amide bonds. The first kappa shape index (κ1) is 23.8. The van der Waals surface area contributed by atoms with Gasteiger partial charge in [-0.15, -0.1) is 0 Å². The van der Waals surface area contributed by atoms with E-state index in [0.29, 0.717) is 5.75 Å². The van der Waals surface area contributed by atoms with Crippen molar-refractivity contribution in [2.75, 3.05) is 0 Å². The lowest BCUT2D eigenvalue weighted by atomic mass is 10.1. The third kappa shape index (κ3) is 6.11. The average molecular weight is 455 g/mol. The molecule has 0 aliphatic rings. The number of hydrogen-bond acceptors (Lipinski definition) is 8. The first-order chi connectivity index (χ1) is 15.5. The second-order valence-electron chi connectivity index (χ2n) is 8.44. The Hall–Kier alpha value is -3.85. The van der Waals surface area contributed by atoms with Gasteiger partial charge in [0.15, 0.2) is 5.58 Å². The van der Waals surface area contributed by atoms with Crippen LogP contribution in [0.5, 0.6) is 17.2 Å². The molecule has 3 aromatic rings.